The SMILES string of the molecule is COC(=O)Nc1ccc(-c2nc([C@H](Cc3ccccc3)NC(=O)NCc3cc(Cl)ccc3F)[nH]c2Cl)cc1. The number of carbonyl (C=O) groups is 2. The highest BCUT2D eigenvalue weighted by Crippen LogP contribution is 2.29. The summed E-state index contributed by atoms with van der Waals surface area (Å²) >= 11 is 12.4. The van der Waals surface area contributed by atoms with E-state index in [1.807, 2.05) is 30.3 Å². The quantitative estimate of drug-likeness (QED) is 0.199. The molecule has 3 aromatic carbocycles. The Morgan fingerprint density at radius 2 is 1.79 bits per heavy atom. The average molecular weight is 556 g/mol. The van der Waals surface area contributed by atoms with Crippen LogP contribution in [-0.2, 0) is 17.7 Å². The summed E-state index contributed by atoms with van der Waals surface area (Å²) in [7, 11) is 1.28. The van der Waals surface area contributed by atoms with Crippen molar-refractivity contribution in [1.29, 1.82) is 0 Å². The normalized spacial score (nSPS) is 11.5. The molecule has 0 radical (unpaired) electrons. The molecule has 0 saturated heterocycles. The highest BCUT2D eigenvalue weighted by molar-refractivity contribution is 6.32. The molecular weight excluding hydrogens is 532 g/mol. The molecule has 38 heavy (non-hydrogen) atoms. The number of urea groups is 1. The van der Waals surface area contributed by atoms with Crippen LogP contribution >= 0.6 is 23.2 Å². The Hall–Kier alpha value is -4.08. The lowest BCUT2D eigenvalue weighted by Gasteiger charge is -2.18. The summed E-state index contributed by atoms with van der Waals surface area (Å²) in [5.41, 5.74) is 2.95. The van der Waals surface area contributed by atoms with Crippen LogP contribution in [0.25, 0.3) is 11.3 Å². The van der Waals surface area contributed by atoms with Gasteiger partial charge < -0.3 is 20.4 Å². The van der Waals surface area contributed by atoms with Gasteiger partial charge in [0.05, 0.1) is 13.2 Å². The zero-order valence-corrected chi connectivity index (χ0v) is 21.7. The molecule has 0 bridgehead atoms. The largest absolute Gasteiger partial charge is 0.453 e. The highest BCUT2D eigenvalue weighted by Gasteiger charge is 2.22. The fourth-order valence-corrected chi connectivity index (χ4v) is 4.18. The van der Waals surface area contributed by atoms with E-state index in [0.717, 1.165) is 5.56 Å². The number of nitrogens with one attached hydrogen (secondary N) is 4. The van der Waals surface area contributed by atoms with Gasteiger partial charge in [0.15, 0.2) is 0 Å². The first-order chi connectivity index (χ1) is 18.3. The summed E-state index contributed by atoms with van der Waals surface area (Å²) in [6, 6.07) is 19.5. The number of hydrogen-bond acceptors (Lipinski definition) is 4. The molecule has 4 aromatic rings. The van der Waals surface area contributed by atoms with Crippen LogP contribution in [0.4, 0.5) is 19.7 Å². The van der Waals surface area contributed by atoms with Crippen LogP contribution in [0.5, 0.6) is 0 Å². The third-order valence-electron chi connectivity index (χ3n) is 5.63. The third-order valence-corrected chi connectivity index (χ3v) is 6.14. The number of anilines is 1. The van der Waals surface area contributed by atoms with Gasteiger partial charge in [0.2, 0.25) is 0 Å². The van der Waals surface area contributed by atoms with E-state index in [9.17, 15) is 14.0 Å². The van der Waals surface area contributed by atoms with Crippen molar-refractivity contribution in [3.05, 3.63) is 106 Å². The van der Waals surface area contributed by atoms with Crippen LogP contribution in [0.1, 0.15) is 23.0 Å². The first-order valence-electron chi connectivity index (χ1n) is 11.6. The van der Waals surface area contributed by atoms with Gasteiger partial charge >= 0.3 is 12.1 Å². The van der Waals surface area contributed by atoms with Gasteiger partial charge in [0.1, 0.15) is 22.5 Å². The molecule has 4 N–H and O–H groups in total. The van der Waals surface area contributed by atoms with Crippen molar-refractivity contribution < 1.29 is 18.7 Å². The number of hydrogen-bond donors (Lipinski definition) is 4. The molecule has 8 nitrogen and oxygen atoms in total. The predicted molar refractivity (Wildman–Crippen MR) is 145 cm³/mol. The van der Waals surface area contributed by atoms with Gasteiger partial charge in [-0.2, -0.15) is 0 Å². The zero-order valence-electron chi connectivity index (χ0n) is 20.2. The van der Waals surface area contributed by atoms with Gasteiger partial charge in [-0.25, -0.2) is 19.0 Å². The molecule has 0 saturated carbocycles. The first kappa shape index (κ1) is 27.0. The maximum absolute atomic E-state index is 14.1. The molecule has 0 fully saturated rings. The van der Waals surface area contributed by atoms with E-state index in [-0.39, 0.29) is 17.3 Å². The summed E-state index contributed by atoms with van der Waals surface area (Å²) in [6.45, 7) is -0.0492. The molecule has 1 atom stereocenters. The number of carbonyl (C=O) groups excluding carboxylic acids is 2. The van der Waals surface area contributed by atoms with Crippen molar-refractivity contribution in [1.82, 2.24) is 20.6 Å². The lowest BCUT2D eigenvalue weighted by atomic mass is 10.1. The van der Waals surface area contributed by atoms with Crippen LogP contribution in [0.3, 0.4) is 0 Å². The van der Waals surface area contributed by atoms with Crippen LogP contribution in [0.2, 0.25) is 10.2 Å². The number of ether oxygens (including phenoxy) is 1. The number of rotatable bonds is 8. The third kappa shape index (κ3) is 7.02. The van der Waals surface area contributed by atoms with Crippen molar-refractivity contribution in [2.24, 2.45) is 0 Å². The lowest BCUT2D eigenvalue weighted by Crippen LogP contribution is -2.39. The minimum atomic E-state index is -0.580. The fourth-order valence-electron chi connectivity index (χ4n) is 3.74. The fraction of sp³-hybridized carbons (Fsp3) is 0.148. The molecule has 1 aromatic heterocycles. The molecule has 0 aliphatic heterocycles. The maximum atomic E-state index is 14.1. The number of halogens is 3. The second kappa shape index (κ2) is 12.4. The molecule has 3 amide bonds. The first-order valence-corrected chi connectivity index (χ1v) is 12.3. The molecule has 0 aliphatic rings. The molecule has 11 heteroatoms. The van der Waals surface area contributed by atoms with E-state index in [0.29, 0.717) is 34.2 Å². The van der Waals surface area contributed by atoms with Gasteiger partial charge in [-0.05, 0) is 42.3 Å². The van der Waals surface area contributed by atoms with Crippen LogP contribution < -0.4 is 16.0 Å². The standard InChI is InChI=1S/C27H24Cl2FN5O3/c1-38-27(37)32-20-10-7-17(8-11-20)23-24(29)35-25(34-23)22(13-16-5-3-2-4-6-16)33-26(36)31-15-18-14-19(28)9-12-21(18)30/h2-12,14,22H,13,15H2,1H3,(H,32,37)(H,34,35)(H2,31,33,36)/t22-/m0/s1. The second-order valence-corrected chi connectivity index (χ2v) is 9.10. The summed E-state index contributed by atoms with van der Waals surface area (Å²) in [5, 5.41) is 8.80. The zero-order chi connectivity index (χ0) is 27.1. The maximum Gasteiger partial charge on any atom is 0.411 e. The Kier molecular flexibility index (Phi) is 8.83. The summed E-state index contributed by atoms with van der Waals surface area (Å²) < 4.78 is 18.7. The van der Waals surface area contributed by atoms with Crippen molar-refractivity contribution in [3.63, 3.8) is 0 Å². The Labute approximate surface area is 228 Å². The Morgan fingerprint density at radius 3 is 2.50 bits per heavy atom. The highest BCUT2D eigenvalue weighted by atomic mass is 35.5. The number of H-pyrrole nitrogens is 1. The molecule has 0 unspecified atom stereocenters. The average Bonchev–Trinajstić information content (AvgIpc) is 3.31. The van der Waals surface area contributed by atoms with E-state index in [4.69, 9.17) is 23.2 Å². The van der Waals surface area contributed by atoms with Crippen molar-refractivity contribution >= 4 is 41.0 Å². The molecule has 4 rings (SSSR count). The second-order valence-electron chi connectivity index (χ2n) is 8.28. The van der Waals surface area contributed by atoms with Crippen molar-refractivity contribution in [2.75, 3.05) is 12.4 Å². The van der Waals surface area contributed by atoms with E-state index in [1.165, 1.54) is 25.3 Å². The van der Waals surface area contributed by atoms with Gasteiger partial charge in [-0.1, -0.05) is 65.7 Å². The Balaban J connectivity index is 1.53. The number of benzene rings is 3. The minimum absolute atomic E-state index is 0.0492. The topological polar surface area (TPSA) is 108 Å². The predicted octanol–water partition coefficient (Wildman–Crippen LogP) is 6.48. The molecule has 196 valence electrons. The number of aromatic nitrogens is 2. The van der Waals surface area contributed by atoms with E-state index in [2.05, 4.69) is 30.7 Å². The molecular formula is C27H24Cl2FN5O3. The van der Waals surface area contributed by atoms with E-state index < -0.39 is 24.0 Å². The number of methoxy groups -OCH3 is 1. The number of nitrogens with zero attached hydrogens (tertiary/aromatic N) is 1. The number of aromatic amines is 1. The van der Waals surface area contributed by atoms with Crippen LogP contribution in [-0.4, -0.2) is 29.2 Å². The molecule has 1 heterocycles. The smallest absolute Gasteiger partial charge is 0.411 e. The minimum Gasteiger partial charge on any atom is -0.453 e. The molecule has 0 aliphatic carbocycles. The van der Waals surface area contributed by atoms with Gasteiger partial charge in [-0.15, -0.1) is 0 Å². The van der Waals surface area contributed by atoms with Crippen molar-refractivity contribution in [3.8, 4) is 11.3 Å². The molecule has 0 spiro atoms. The number of amides is 3. The Bertz CT molecular complexity index is 1410. The number of imidazole rings is 1. The monoisotopic (exact) mass is 555 g/mol. The van der Waals surface area contributed by atoms with Crippen LogP contribution in [0.15, 0.2) is 72.8 Å². The summed E-state index contributed by atoms with van der Waals surface area (Å²) in [6.07, 6.45) is -0.158. The Morgan fingerprint density at radius 1 is 1.05 bits per heavy atom. The van der Waals surface area contributed by atoms with Gasteiger partial charge in [0, 0.05) is 28.4 Å². The van der Waals surface area contributed by atoms with E-state index in [1.54, 1.807) is 24.3 Å². The lowest BCUT2D eigenvalue weighted by molar-refractivity contribution is 0.187. The van der Waals surface area contributed by atoms with Crippen LogP contribution in [0, 0.1) is 5.82 Å². The summed E-state index contributed by atoms with van der Waals surface area (Å²) in [5.74, 6) is -0.0273. The van der Waals surface area contributed by atoms with E-state index >= 15 is 0 Å². The van der Waals surface area contributed by atoms with Gasteiger partial charge in [-0.3, -0.25) is 5.32 Å². The summed E-state index contributed by atoms with van der Waals surface area (Å²) in [4.78, 5) is 32.0. The van der Waals surface area contributed by atoms with Crippen molar-refractivity contribution in [2.45, 2.75) is 19.0 Å². The van der Waals surface area contributed by atoms with Gasteiger partial charge in [0.25, 0.3) is 0 Å².